The van der Waals surface area contributed by atoms with Crippen molar-refractivity contribution in [3.63, 3.8) is 0 Å². The molecule has 0 N–H and O–H groups in total. The molecule has 158 valence electrons. The number of hydrogen-bond acceptors (Lipinski definition) is 5. The van der Waals surface area contributed by atoms with Gasteiger partial charge in [-0.25, -0.2) is 8.42 Å². The molecule has 0 saturated carbocycles. The standard InChI is InChI=1S/C25H22O5S/c1-4-16-15-18(11-14-21(16)29-2)23-24(26)20-7-5-6-8-22(20)30-25(23)17-9-12-19(13-10-17)31(3,27)28/h5-15H,4H2,1-3H3. The third kappa shape index (κ3) is 3.86. The zero-order valence-corrected chi connectivity index (χ0v) is 18.3. The van der Waals surface area contributed by atoms with Crippen molar-refractivity contribution in [2.24, 2.45) is 0 Å². The summed E-state index contributed by atoms with van der Waals surface area (Å²) in [7, 11) is -1.71. The molecule has 0 unspecified atom stereocenters. The van der Waals surface area contributed by atoms with E-state index in [1.165, 1.54) is 12.1 Å². The normalized spacial score (nSPS) is 11.6. The first-order valence-electron chi connectivity index (χ1n) is 9.87. The Kier molecular flexibility index (Phi) is 5.41. The maximum absolute atomic E-state index is 13.5. The van der Waals surface area contributed by atoms with E-state index in [4.69, 9.17) is 9.15 Å². The van der Waals surface area contributed by atoms with Crippen molar-refractivity contribution >= 4 is 20.8 Å². The summed E-state index contributed by atoms with van der Waals surface area (Å²) in [4.78, 5) is 13.7. The molecule has 4 rings (SSSR count). The van der Waals surface area contributed by atoms with Crippen LogP contribution in [0.5, 0.6) is 5.75 Å². The second kappa shape index (κ2) is 8.04. The summed E-state index contributed by atoms with van der Waals surface area (Å²) in [6, 6.07) is 19.1. The van der Waals surface area contributed by atoms with Gasteiger partial charge >= 0.3 is 0 Å². The Morgan fingerprint density at radius 3 is 2.26 bits per heavy atom. The van der Waals surface area contributed by atoms with Gasteiger partial charge in [-0.3, -0.25) is 4.79 Å². The van der Waals surface area contributed by atoms with Gasteiger partial charge in [0.25, 0.3) is 0 Å². The van der Waals surface area contributed by atoms with Crippen LogP contribution in [-0.2, 0) is 16.3 Å². The van der Waals surface area contributed by atoms with E-state index in [-0.39, 0.29) is 10.3 Å². The van der Waals surface area contributed by atoms with Gasteiger partial charge in [0.1, 0.15) is 17.1 Å². The molecule has 3 aromatic carbocycles. The van der Waals surface area contributed by atoms with Crippen molar-refractivity contribution in [3.8, 4) is 28.2 Å². The maximum Gasteiger partial charge on any atom is 0.201 e. The van der Waals surface area contributed by atoms with Gasteiger partial charge in [0, 0.05) is 11.8 Å². The summed E-state index contributed by atoms with van der Waals surface area (Å²) in [5.74, 6) is 1.16. The first-order valence-corrected chi connectivity index (χ1v) is 11.8. The van der Waals surface area contributed by atoms with Crippen molar-refractivity contribution in [1.82, 2.24) is 0 Å². The number of para-hydroxylation sites is 1. The largest absolute Gasteiger partial charge is 0.496 e. The van der Waals surface area contributed by atoms with Gasteiger partial charge in [-0.1, -0.05) is 25.1 Å². The minimum atomic E-state index is -3.33. The van der Waals surface area contributed by atoms with E-state index in [1.54, 1.807) is 37.4 Å². The second-order valence-corrected chi connectivity index (χ2v) is 9.32. The molecule has 0 radical (unpaired) electrons. The fraction of sp³-hybridized carbons (Fsp3) is 0.160. The van der Waals surface area contributed by atoms with Gasteiger partial charge < -0.3 is 9.15 Å². The Morgan fingerprint density at radius 2 is 1.61 bits per heavy atom. The number of ether oxygens (including phenoxy) is 1. The van der Waals surface area contributed by atoms with Crippen LogP contribution in [0.3, 0.4) is 0 Å². The topological polar surface area (TPSA) is 73.6 Å². The molecule has 0 bridgehead atoms. The van der Waals surface area contributed by atoms with E-state index < -0.39 is 9.84 Å². The lowest BCUT2D eigenvalue weighted by molar-refractivity contribution is 0.410. The molecule has 0 aliphatic carbocycles. The number of fused-ring (bicyclic) bond motifs is 1. The summed E-state index contributed by atoms with van der Waals surface area (Å²) in [5.41, 5.74) is 3.09. The Balaban J connectivity index is 2.02. The molecule has 0 spiro atoms. The fourth-order valence-corrected chi connectivity index (χ4v) is 4.30. The number of sulfone groups is 1. The highest BCUT2D eigenvalue weighted by molar-refractivity contribution is 7.90. The highest BCUT2D eigenvalue weighted by Gasteiger charge is 2.19. The summed E-state index contributed by atoms with van der Waals surface area (Å²) in [6.07, 6.45) is 1.90. The predicted octanol–water partition coefficient (Wildman–Crippen LogP) is 5.10. The van der Waals surface area contributed by atoms with E-state index in [0.29, 0.717) is 27.9 Å². The van der Waals surface area contributed by atoms with Crippen LogP contribution in [-0.4, -0.2) is 21.8 Å². The van der Waals surface area contributed by atoms with Gasteiger partial charge in [0.05, 0.1) is 23.0 Å². The van der Waals surface area contributed by atoms with Crippen molar-refractivity contribution in [3.05, 3.63) is 82.5 Å². The first-order chi connectivity index (χ1) is 14.8. The average molecular weight is 435 g/mol. The molecule has 1 heterocycles. The molecule has 1 aromatic heterocycles. The van der Waals surface area contributed by atoms with Crippen LogP contribution < -0.4 is 10.2 Å². The van der Waals surface area contributed by atoms with Crippen molar-refractivity contribution in [1.29, 1.82) is 0 Å². The van der Waals surface area contributed by atoms with Crippen LogP contribution in [0, 0.1) is 0 Å². The zero-order valence-electron chi connectivity index (χ0n) is 17.5. The average Bonchev–Trinajstić information content (AvgIpc) is 2.78. The monoisotopic (exact) mass is 434 g/mol. The molecule has 0 atom stereocenters. The number of hydrogen-bond donors (Lipinski definition) is 0. The maximum atomic E-state index is 13.5. The van der Waals surface area contributed by atoms with Crippen LogP contribution in [0.25, 0.3) is 33.4 Å². The molecular weight excluding hydrogens is 412 g/mol. The van der Waals surface area contributed by atoms with E-state index in [1.807, 2.05) is 31.2 Å². The van der Waals surface area contributed by atoms with E-state index >= 15 is 0 Å². The van der Waals surface area contributed by atoms with Crippen molar-refractivity contribution in [2.45, 2.75) is 18.2 Å². The number of aryl methyl sites for hydroxylation is 1. The van der Waals surface area contributed by atoms with E-state index in [0.717, 1.165) is 29.6 Å². The summed E-state index contributed by atoms with van der Waals surface area (Å²) in [5, 5.41) is 0.489. The van der Waals surface area contributed by atoms with Gasteiger partial charge in [-0.05, 0) is 66.1 Å². The van der Waals surface area contributed by atoms with Crippen LogP contribution >= 0.6 is 0 Å². The number of rotatable bonds is 5. The van der Waals surface area contributed by atoms with Crippen LogP contribution in [0.4, 0.5) is 0 Å². The third-order valence-electron chi connectivity index (χ3n) is 5.29. The highest BCUT2D eigenvalue weighted by Crippen LogP contribution is 2.35. The zero-order chi connectivity index (χ0) is 22.2. The number of benzene rings is 3. The van der Waals surface area contributed by atoms with Crippen molar-refractivity contribution in [2.75, 3.05) is 13.4 Å². The molecule has 31 heavy (non-hydrogen) atoms. The summed E-state index contributed by atoms with van der Waals surface area (Å²) in [6.45, 7) is 2.02. The Hall–Kier alpha value is -3.38. The molecule has 0 fully saturated rings. The van der Waals surface area contributed by atoms with Gasteiger partial charge in [0.2, 0.25) is 5.43 Å². The van der Waals surface area contributed by atoms with Crippen LogP contribution in [0.1, 0.15) is 12.5 Å². The predicted molar refractivity (Wildman–Crippen MR) is 122 cm³/mol. The molecule has 5 nitrogen and oxygen atoms in total. The minimum absolute atomic E-state index is 0.142. The molecule has 4 aromatic rings. The van der Waals surface area contributed by atoms with Gasteiger partial charge in [-0.2, -0.15) is 0 Å². The SMILES string of the molecule is CCc1cc(-c2c(-c3ccc(S(C)(=O)=O)cc3)oc3ccccc3c2=O)ccc1OC. The quantitative estimate of drug-likeness (QED) is 0.437. The Bertz CT molecular complexity index is 1430. The lowest BCUT2D eigenvalue weighted by atomic mass is 9.96. The molecule has 0 amide bonds. The van der Waals surface area contributed by atoms with Crippen LogP contribution in [0.15, 0.2) is 80.8 Å². The molecule has 6 heteroatoms. The molecule has 0 saturated heterocycles. The molecular formula is C25H22O5S. The van der Waals surface area contributed by atoms with Crippen LogP contribution in [0.2, 0.25) is 0 Å². The highest BCUT2D eigenvalue weighted by atomic mass is 32.2. The van der Waals surface area contributed by atoms with Gasteiger partial charge in [-0.15, -0.1) is 0 Å². The second-order valence-electron chi connectivity index (χ2n) is 7.31. The molecule has 0 aliphatic rings. The van der Waals surface area contributed by atoms with E-state index in [2.05, 4.69) is 0 Å². The third-order valence-corrected chi connectivity index (χ3v) is 6.42. The lowest BCUT2D eigenvalue weighted by Gasteiger charge is -2.13. The van der Waals surface area contributed by atoms with E-state index in [9.17, 15) is 13.2 Å². The Morgan fingerprint density at radius 1 is 0.935 bits per heavy atom. The van der Waals surface area contributed by atoms with Gasteiger partial charge in [0.15, 0.2) is 9.84 Å². The molecule has 0 aliphatic heterocycles. The van der Waals surface area contributed by atoms with Crippen molar-refractivity contribution < 1.29 is 17.6 Å². The summed E-state index contributed by atoms with van der Waals surface area (Å²) >= 11 is 0. The first kappa shape index (κ1) is 20.9. The minimum Gasteiger partial charge on any atom is -0.496 e. The Labute approximate surface area is 180 Å². The smallest absolute Gasteiger partial charge is 0.201 e. The fourth-order valence-electron chi connectivity index (χ4n) is 3.67. The lowest BCUT2D eigenvalue weighted by Crippen LogP contribution is -2.08. The number of methoxy groups -OCH3 is 1. The summed E-state index contributed by atoms with van der Waals surface area (Å²) < 4.78 is 35.3.